The maximum Gasteiger partial charge on any atom is 0.408 e. The first-order chi connectivity index (χ1) is 27.4. The molecule has 0 aliphatic carbocycles. The molecule has 0 saturated carbocycles. The summed E-state index contributed by atoms with van der Waals surface area (Å²) in [7, 11) is 5.22. The van der Waals surface area contributed by atoms with Gasteiger partial charge in [0.2, 0.25) is 0 Å². The molecule has 58 heavy (non-hydrogen) atoms. The number of oxime groups is 1. The van der Waals surface area contributed by atoms with E-state index in [9.17, 15) is 19.5 Å². The molecule has 3 saturated heterocycles. The Balaban J connectivity index is 1.58. The lowest BCUT2D eigenvalue weighted by molar-refractivity contribution is -0.277. The summed E-state index contributed by atoms with van der Waals surface area (Å²) in [6.07, 6.45) is -2.19. The third-order valence-corrected chi connectivity index (χ3v) is 13.2. The number of cyclic esters (lactones) is 1. The zero-order valence-corrected chi connectivity index (χ0v) is 36.3. The molecule has 2 aromatic heterocycles. The molecule has 0 aromatic carbocycles. The molecule has 318 valence electrons. The van der Waals surface area contributed by atoms with Crippen molar-refractivity contribution in [3.05, 3.63) is 41.4 Å². The van der Waals surface area contributed by atoms with E-state index in [1.54, 1.807) is 20.0 Å². The summed E-state index contributed by atoms with van der Waals surface area (Å²) in [5.41, 5.74) is -1.11. The number of carbonyl (C=O) groups is 3. The number of carbonyl (C=O) groups excluding carboxylic acids is 3. The highest BCUT2D eigenvalue weighted by molar-refractivity contribution is 7.16. The van der Waals surface area contributed by atoms with E-state index >= 15 is 0 Å². The van der Waals surface area contributed by atoms with Gasteiger partial charge < -0.3 is 43.8 Å². The van der Waals surface area contributed by atoms with Crippen molar-refractivity contribution in [2.45, 2.75) is 129 Å². The Kier molecular flexibility index (Phi) is 14.8. The molecule has 5 heterocycles. The molecule has 0 spiro atoms. The predicted molar refractivity (Wildman–Crippen MR) is 219 cm³/mol. The molecule has 0 bridgehead atoms. The van der Waals surface area contributed by atoms with Crippen LogP contribution >= 0.6 is 11.3 Å². The lowest BCUT2D eigenvalue weighted by Crippen LogP contribution is -2.59. The van der Waals surface area contributed by atoms with E-state index in [1.807, 2.05) is 83.9 Å². The van der Waals surface area contributed by atoms with E-state index < -0.39 is 83.4 Å². The zero-order chi connectivity index (χ0) is 42.5. The van der Waals surface area contributed by atoms with E-state index in [1.165, 1.54) is 25.4 Å². The molecular weight excluding hydrogens is 765 g/mol. The minimum atomic E-state index is -1.33. The van der Waals surface area contributed by atoms with Crippen LogP contribution in [0.2, 0.25) is 0 Å². The van der Waals surface area contributed by atoms with Crippen molar-refractivity contribution in [2.24, 2.45) is 28.8 Å². The first-order valence-electron chi connectivity index (χ1n) is 20.1. The van der Waals surface area contributed by atoms with Crippen LogP contribution < -0.4 is 5.32 Å². The Labute approximate surface area is 346 Å². The smallest absolute Gasteiger partial charge is 0.408 e. The number of hydrogen-bond donors (Lipinski definition) is 2. The molecule has 0 radical (unpaired) electrons. The summed E-state index contributed by atoms with van der Waals surface area (Å²) in [6.45, 7) is 14.4. The van der Waals surface area contributed by atoms with Gasteiger partial charge in [-0.15, -0.1) is 11.3 Å². The summed E-state index contributed by atoms with van der Waals surface area (Å²) < 4.78 is 31.7. The molecule has 1 amide bonds. The fourth-order valence-electron chi connectivity index (χ4n) is 8.44. The topological polar surface area (TPSA) is 167 Å². The predicted octanol–water partition coefficient (Wildman–Crippen LogP) is 5.46. The van der Waals surface area contributed by atoms with Crippen molar-refractivity contribution >= 4 is 34.9 Å². The Morgan fingerprint density at radius 3 is 2.48 bits per heavy atom. The van der Waals surface area contributed by atoms with Crippen molar-refractivity contribution < 1.29 is 48.0 Å². The van der Waals surface area contributed by atoms with Gasteiger partial charge in [-0.1, -0.05) is 50.8 Å². The lowest BCUT2D eigenvalue weighted by Gasteiger charge is -2.46. The van der Waals surface area contributed by atoms with Crippen LogP contribution in [0.4, 0.5) is 4.79 Å². The molecular formula is C43H60N4O10S. The fourth-order valence-corrected chi connectivity index (χ4v) is 9.30. The fraction of sp³-hybridized carbons (Fsp3) is 0.651. The number of nitrogens with zero attached hydrogens (tertiary/aromatic N) is 3. The Morgan fingerprint density at radius 2 is 1.83 bits per heavy atom. The van der Waals surface area contributed by atoms with Crippen molar-refractivity contribution in [3.8, 4) is 22.4 Å². The normalized spacial score (nSPS) is 36.9. The quantitative estimate of drug-likeness (QED) is 0.150. The number of likely N-dealkylation sites (N-methyl/N-ethyl adjacent to an activating group) is 1. The maximum absolute atomic E-state index is 14.4. The van der Waals surface area contributed by atoms with Gasteiger partial charge in [-0.25, -0.2) is 4.79 Å². The van der Waals surface area contributed by atoms with Gasteiger partial charge in [0, 0.05) is 36.4 Å². The van der Waals surface area contributed by atoms with Crippen LogP contribution in [-0.4, -0.2) is 120 Å². The molecule has 2 N–H and O–H groups in total. The van der Waals surface area contributed by atoms with Crippen LogP contribution in [0.1, 0.15) is 79.5 Å². The number of alkyl carbamates (subject to hydrolysis) is 1. The van der Waals surface area contributed by atoms with E-state index in [0.29, 0.717) is 18.6 Å². The molecule has 5 rings (SSSR count). The number of aliphatic hydroxyl groups is 1. The number of hydrogen-bond acceptors (Lipinski definition) is 14. The number of aliphatic hydroxyl groups excluding tert-OH is 1. The highest BCUT2D eigenvalue weighted by Crippen LogP contribution is 2.41. The molecule has 13 atom stereocenters. The highest BCUT2D eigenvalue weighted by Gasteiger charge is 2.57. The first-order valence-corrected chi connectivity index (χ1v) is 20.9. The summed E-state index contributed by atoms with van der Waals surface area (Å²) in [5, 5.41) is 19.0. The number of amides is 1. The van der Waals surface area contributed by atoms with Crippen molar-refractivity contribution in [1.29, 1.82) is 0 Å². The summed E-state index contributed by atoms with van der Waals surface area (Å²) in [4.78, 5) is 54.9. The number of ketones is 1. The number of Topliss-reactive ketones (excluding diaryl/α,β-unsaturated/α-hetero) is 1. The van der Waals surface area contributed by atoms with E-state index in [4.69, 9.17) is 28.5 Å². The average molecular weight is 825 g/mol. The molecule has 3 aliphatic rings. The second-order valence-electron chi connectivity index (χ2n) is 16.4. The largest absolute Gasteiger partial charge is 0.458 e. The number of ether oxygens (including phenoxy) is 5. The molecule has 14 nitrogen and oxygen atoms in total. The second-order valence-corrected chi connectivity index (χ2v) is 17.5. The number of rotatable bonds is 8. The number of pyridine rings is 1. The number of thiophene rings is 1. The molecule has 2 aromatic rings. The standard InChI is InChI=1S/C43H60N4O10S/c1-12-34-43(8)38(45-41(51)57-43)26(4)35(46-52-11)28(6)42(7,53-21-15-16-29-18-19-33(58-29)30-17-13-14-20-44-30)23-32(25(3)36(48)27(5)39(50)56-34)55-40-37(49)31(47(9)10)22-24(2)54-40/h13-14,17-20,24-28,31-32,34,37-38,40,49H,12,21-23H2,1-11H3,(H,45,51)/b46-35-/t24-,25-,26-,27-,28+,31+,32+,34+,37-,38?,40?,42-,43-/m1/s1. The Bertz CT molecular complexity index is 1850. The maximum atomic E-state index is 14.4. The van der Waals surface area contributed by atoms with Crippen LogP contribution in [0.25, 0.3) is 10.6 Å². The van der Waals surface area contributed by atoms with Gasteiger partial charge in [-0.2, -0.15) is 0 Å². The van der Waals surface area contributed by atoms with Gasteiger partial charge in [-0.05, 0) is 78.9 Å². The molecule has 15 heteroatoms. The number of aromatic nitrogens is 1. The third-order valence-electron chi connectivity index (χ3n) is 12.2. The van der Waals surface area contributed by atoms with Gasteiger partial charge in [-0.3, -0.25) is 14.6 Å². The summed E-state index contributed by atoms with van der Waals surface area (Å²) in [5.74, 6) is 2.03. The van der Waals surface area contributed by atoms with Crippen molar-refractivity contribution in [1.82, 2.24) is 15.2 Å². The van der Waals surface area contributed by atoms with Crippen molar-refractivity contribution in [3.63, 3.8) is 0 Å². The third kappa shape index (κ3) is 9.75. The highest BCUT2D eigenvalue weighted by atomic mass is 32.1. The average Bonchev–Trinajstić information content (AvgIpc) is 3.80. The molecule has 3 aliphatic heterocycles. The first kappa shape index (κ1) is 45.2. The van der Waals surface area contributed by atoms with Crippen LogP contribution in [0.5, 0.6) is 0 Å². The lowest BCUT2D eigenvalue weighted by atomic mass is 9.72. The van der Waals surface area contributed by atoms with E-state index in [2.05, 4.69) is 27.3 Å². The minimum absolute atomic E-state index is 0.00866. The zero-order valence-electron chi connectivity index (χ0n) is 35.5. The van der Waals surface area contributed by atoms with Crippen molar-refractivity contribution in [2.75, 3.05) is 27.8 Å². The van der Waals surface area contributed by atoms with Gasteiger partial charge in [0.05, 0.1) is 45.0 Å². The number of nitrogens with one attached hydrogen (secondary N) is 1. The number of fused-ring (bicyclic) bond motifs is 1. The minimum Gasteiger partial charge on any atom is -0.458 e. The number of esters is 1. The summed E-state index contributed by atoms with van der Waals surface area (Å²) >= 11 is 1.52. The van der Waals surface area contributed by atoms with Crippen LogP contribution in [0, 0.1) is 35.5 Å². The van der Waals surface area contributed by atoms with E-state index in [0.717, 1.165) is 15.4 Å². The van der Waals surface area contributed by atoms with Crippen LogP contribution in [0.3, 0.4) is 0 Å². The second kappa shape index (κ2) is 19.0. The monoisotopic (exact) mass is 824 g/mol. The van der Waals surface area contributed by atoms with E-state index in [-0.39, 0.29) is 25.2 Å². The van der Waals surface area contributed by atoms with Gasteiger partial charge in [0.15, 0.2) is 17.7 Å². The molecule has 3 fully saturated rings. The Morgan fingerprint density at radius 1 is 1.09 bits per heavy atom. The molecule has 2 unspecified atom stereocenters. The van der Waals surface area contributed by atoms with Crippen LogP contribution in [0.15, 0.2) is 41.7 Å². The van der Waals surface area contributed by atoms with Crippen LogP contribution in [-0.2, 0) is 38.1 Å². The SMILES string of the molecule is CC[C@@H]1OC(=O)[C@H](C)C(=O)[C@H](C)[C@@H](OC2O[C@H](C)C[C@H](N(C)C)[C@H]2O)C[C@@](C)(OCC#Cc2ccc(-c3ccccn3)s2)[C@@H](C)/C(=N\OC)[C@@H](C)C2NC(=O)O[C@@]21C. The van der Waals surface area contributed by atoms with Gasteiger partial charge in [0.25, 0.3) is 0 Å². The van der Waals surface area contributed by atoms with Gasteiger partial charge >= 0.3 is 12.1 Å². The Hall–Kier alpha value is -3.91. The van der Waals surface area contributed by atoms with Gasteiger partial charge in [0.1, 0.15) is 31.8 Å². The summed E-state index contributed by atoms with van der Waals surface area (Å²) in [6, 6.07) is 8.69.